The third-order valence-electron chi connectivity index (χ3n) is 3.46. The van der Waals surface area contributed by atoms with Gasteiger partial charge < -0.3 is 10.1 Å². The van der Waals surface area contributed by atoms with Gasteiger partial charge in [0, 0.05) is 11.6 Å². The molecule has 7 heteroatoms. The number of aromatic nitrogens is 3. The number of nitrogens with zero attached hydrogens (tertiary/aromatic N) is 3. The van der Waals surface area contributed by atoms with Gasteiger partial charge in [-0.25, -0.2) is 4.68 Å². The minimum Gasteiger partial charge on any atom is -0.365 e. The molecule has 114 valence electrons. The summed E-state index contributed by atoms with van der Waals surface area (Å²) >= 11 is 5.89. The zero-order valence-electron chi connectivity index (χ0n) is 11.8. The molecule has 1 aliphatic rings. The molecule has 3 rings (SSSR count). The van der Waals surface area contributed by atoms with E-state index in [4.69, 9.17) is 16.3 Å². The van der Waals surface area contributed by atoms with Crippen LogP contribution >= 0.6 is 11.6 Å². The van der Waals surface area contributed by atoms with Crippen LogP contribution < -0.4 is 5.32 Å². The highest BCUT2D eigenvalue weighted by atomic mass is 35.5. The molecule has 1 aliphatic heterocycles. The summed E-state index contributed by atoms with van der Waals surface area (Å²) in [6, 6.07) is 7.50. The summed E-state index contributed by atoms with van der Waals surface area (Å²) in [5, 5.41) is 11.4. The predicted octanol–water partition coefficient (Wildman–Crippen LogP) is 2.12. The van der Waals surface area contributed by atoms with E-state index in [0.717, 1.165) is 5.56 Å². The van der Waals surface area contributed by atoms with Crippen molar-refractivity contribution in [3.63, 3.8) is 0 Å². The molecule has 0 aliphatic carbocycles. The van der Waals surface area contributed by atoms with Gasteiger partial charge in [0.25, 0.3) is 5.91 Å². The first-order valence-corrected chi connectivity index (χ1v) is 7.25. The molecule has 1 aromatic carbocycles. The Morgan fingerprint density at radius 1 is 1.50 bits per heavy atom. The Kier molecular flexibility index (Phi) is 4.22. The Morgan fingerprint density at radius 3 is 3.00 bits per heavy atom. The van der Waals surface area contributed by atoms with E-state index < -0.39 is 0 Å². The molecule has 0 radical (unpaired) electrons. The highest BCUT2D eigenvalue weighted by molar-refractivity contribution is 6.30. The number of fused-ring (bicyclic) bond motifs is 1. The number of ether oxygens (including phenoxy) is 1. The Labute approximate surface area is 132 Å². The van der Waals surface area contributed by atoms with Crippen molar-refractivity contribution in [2.45, 2.75) is 19.3 Å². The third-order valence-corrected chi connectivity index (χ3v) is 3.71. The molecule has 1 N–H and O–H groups in total. The first kappa shape index (κ1) is 14.7. The van der Waals surface area contributed by atoms with E-state index in [-0.39, 0.29) is 18.6 Å². The van der Waals surface area contributed by atoms with Gasteiger partial charge in [-0.3, -0.25) is 4.79 Å². The van der Waals surface area contributed by atoms with Crippen LogP contribution in [-0.4, -0.2) is 27.4 Å². The minimum absolute atomic E-state index is 0.129. The lowest BCUT2D eigenvalue weighted by atomic mass is 10.1. The number of halogens is 1. The van der Waals surface area contributed by atoms with Crippen molar-refractivity contribution in [1.82, 2.24) is 20.3 Å². The maximum absolute atomic E-state index is 12.0. The molecule has 2 heterocycles. The highest BCUT2D eigenvalue weighted by Crippen LogP contribution is 2.27. The summed E-state index contributed by atoms with van der Waals surface area (Å²) in [4.78, 5) is 12.0. The normalized spacial score (nSPS) is 16.9. The van der Waals surface area contributed by atoms with Crippen molar-refractivity contribution in [2.75, 3.05) is 6.54 Å². The number of rotatable bonds is 4. The molecule has 1 aromatic heterocycles. The van der Waals surface area contributed by atoms with E-state index in [1.807, 2.05) is 24.3 Å². The summed E-state index contributed by atoms with van der Waals surface area (Å²) in [6.45, 7) is 4.75. The van der Waals surface area contributed by atoms with Crippen LogP contribution in [0.1, 0.15) is 27.8 Å². The maximum atomic E-state index is 12.0. The monoisotopic (exact) mass is 318 g/mol. The average Bonchev–Trinajstić information content (AvgIpc) is 2.96. The van der Waals surface area contributed by atoms with Gasteiger partial charge in [0.15, 0.2) is 5.69 Å². The van der Waals surface area contributed by atoms with E-state index in [0.29, 0.717) is 29.5 Å². The van der Waals surface area contributed by atoms with Gasteiger partial charge in [0.05, 0.1) is 18.8 Å². The molecule has 0 spiro atoms. The summed E-state index contributed by atoms with van der Waals surface area (Å²) in [5.41, 5.74) is 2.01. The first-order valence-electron chi connectivity index (χ1n) is 6.87. The average molecular weight is 319 g/mol. The smallest absolute Gasteiger partial charge is 0.274 e. The standard InChI is InChI=1S/C15H15ClN4O2/c1-2-7-17-15(21)14-12-9-22-13(8-20(12)19-18-14)10-3-5-11(16)6-4-10/h2-6,13H,1,7-9H2,(H,17,21)/t13-/m1/s1. The number of benzene rings is 1. The number of carbonyl (C=O) groups excluding carboxylic acids is 1. The lowest BCUT2D eigenvalue weighted by molar-refractivity contribution is -0.00176. The first-order chi connectivity index (χ1) is 10.7. The molecule has 1 amide bonds. The van der Waals surface area contributed by atoms with Crippen molar-refractivity contribution in [3.05, 3.63) is 58.9 Å². The van der Waals surface area contributed by atoms with Gasteiger partial charge in [-0.2, -0.15) is 0 Å². The van der Waals surface area contributed by atoms with Crippen molar-refractivity contribution in [2.24, 2.45) is 0 Å². The van der Waals surface area contributed by atoms with Gasteiger partial charge in [0.2, 0.25) is 0 Å². The molecule has 0 fully saturated rings. The molecular weight excluding hydrogens is 304 g/mol. The number of amides is 1. The lowest BCUT2D eigenvalue weighted by Crippen LogP contribution is -2.27. The lowest BCUT2D eigenvalue weighted by Gasteiger charge is -2.24. The molecule has 0 unspecified atom stereocenters. The maximum Gasteiger partial charge on any atom is 0.274 e. The zero-order chi connectivity index (χ0) is 15.5. The zero-order valence-corrected chi connectivity index (χ0v) is 12.6. The van der Waals surface area contributed by atoms with E-state index in [9.17, 15) is 4.79 Å². The van der Waals surface area contributed by atoms with Crippen molar-refractivity contribution >= 4 is 17.5 Å². The molecular formula is C15H15ClN4O2. The second-order valence-electron chi connectivity index (χ2n) is 4.92. The topological polar surface area (TPSA) is 69.0 Å². The molecule has 1 atom stereocenters. The fourth-order valence-electron chi connectivity index (χ4n) is 2.32. The second-order valence-corrected chi connectivity index (χ2v) is 5.35. The van der Waals surface area contributed by atoms with Gasteiger partial charge in [-0.05, 0) is 17.7 Å². The Balaban J connectivity index is 1.77. The number of hydrogen-bond acceptors (Lipinski definition) is 4. The van der Waals surface area contributed by atoms with Crippen LogP contribution in [0.25, 0.3) is 0 Å². The Hall–Kier alpha value is -2.18. The van der Waals surface area contributed by atoms with Crippen LogP contribution in [0.3, 0.4) is 0 Å². The number of carbonyl (C=O) groups is 1. The van der Waals surface area contributed by atoms with Crippen LogP contribution in [0, 0.1) is 0 Å². The van der Waals surface area contributed by atoms with Gasteiger partial charge >= 0.3 is 0 Å². The summed E-state index contributed by atoms with van der Waals surface area (Å²) < 4.78 is 7.55. The van der Waals surface area contributed by atoms with Gasteiger partial charge in [-0.1, -0.05) is 35.0 Å². The van der Waals surface area contributed by atoms with Crippen LogP contribution in [0.2, 0.25) is 5.02 Å². The van der Waals surface area contributed by atoms with Gasteiger partial charge in [-0.15, -0.1) is 11.7 Å². The minimum atomic E-state index is -0.269. The predicted molar refractivity (Wildman–Crippen MR) is 81.5 cm³/mol. The van der Waals surface area contributed by atoms with Crippen LogP contribution in [-0.2, 0) is 17.9 Å². The summed E-state index contributed by atoms with van der Waals surface area (Å²) in [5.74, 6) is -0.269. The molecule has 0 saturated carbocycles. The molecule has 0 bridgehead atoms. The van der Waals surface area contributed by atoms with Crippen molar-refractivity contribution in [1.29, 1.82) is 0 Å². The molecule has 2 aromatic rings. The third kappa shape index (κ3) is 2.88. The van der Waals surface area contributed by atoms with Gasteiger partial charge in [0.1, 0.15) is 6.10 Å². The fourth-order valence-corrected chi connectivity index (χ4v) is 2.44. The van der Waals surface area contributed by atoms with E-state index in [1.165, 1.54) is 0 Å². The molecule has 0 saturated heterocycles. The second kappa shape index (κ2) is 6.29. The highest BCUT2D eigenvalue weighted by Gasteiger charge is 2.27. The summed E-state index contributed by atoms with van der Waals surface area (Å²) in [6.07, 6.45) is 1.48. The Bertz CT molecular complexity index is 696. The SMILES string of the molecule is C=CCNC(=O)c1nnn2c1CO[C@@H](c1ccc(Cl)cc1)C2. The number of hydrogen-bond donors (Lipinski definition) is 1. The Morgan fingerprint density at radius 2 is 2.27 bits per heavy atom. The molecule has 6 nitrogen and oxygen atoms in total. The van der Waals surface area contributed by atoms with E-state index in [1.54, 1.807) is 10.8 Å². The fraction of sp³-hybridized carbons (Fsp3) is 0.267. The summed E-state index contributed by atoms with van der Waals surface area (Å²) in [7, 11) is 0. The molecule has 22 heavy (non-hydrogen) atoms. The van der Waals surface area contributed by atoms with Crippen LogP contribution in [0.4, 0.5) is 0 Å². The van der Waals surface area contributed by atoms with Crippen molar-refractivity contribution < 1.29 is 9.53 Å². The van der Waals surface area contributed by atoms with Crippen molar-refractivity contribution in [3.8, 4) is 0 Å². The quantitative estimate of drug-likeness (QED) is 0.877. The number of nitrogens with one attached hydrogen (secondary N) is 1. The van der Waals surface area contributed by atoms with E-state index >= 15 is 0 Å². The van der Waals surface area contributed by atoms with E-state index in [2.05, 4.69) is 22.2 Å². The largest absolute Gasteiger partial charge is 0.365 e. The van der Waals surface area contributed by atoms with Crippen LogP contribution in [0.15, 0.2) is 36.9 Å². The van der Waals surface area contributed by atoms with Crippen LogP contribution in [0.5, 0.6) is 0 Å².